The van der Waals surface area contributed by atoms with Gasteiger partial charge in [-0.2, -0.15) is 0 Å². The van der Waals surface area contributed by atoms with Crippen LogP contribution in [0.5, 0.6) is 0 Å². The number of amides is 1. The molecule has 4 rings (SSSR count). The van der Waals surface area contributed by atoms with Crippen LogP contribution in [-0.2, 0) is 17.9 Å². The van der Waals surface area contributed by atoms with E-state index in [0.29, 0.717) is 15.9 Å². The molecule has 0 saturated carbocycles. The summed E-state index contributed by atoms with van der Waals surface area (Å²) in [5.74, 6) is -0.737. The fourth-order valence-corrected chi connectivity index (χ4v) is 4.09. The van der Waals surface area contributed by atoms with E-state index in [9.17, 15) is 18.8 Å². The Morgan fingerprint density at radius 2 is 1.80 bits per heavy atom. The van der Waals surface area contributed by atoms with Gasteiger partial charge in [0, 0.05) is 6.54 Å². The van der Waals surface area contributed by atoms with Crippen molar-refractivity contribution >= 4 is 27.5 Å². The van der Waals surface area contributed by atoms with E-state index in [-0.39, 0.29) is 24.8 Å². The van der Waals surface area contributed by atoms with Crippen molar-refractivity contribution in [2.75, 3.05) is 0 Å². The molecule has 30 heavy (non-hydrogen) atoms. The summed E-state index contributed by atoms with van der Waals surface area (Å²) in [5.41, 5.74) is 1.46. The molecule has 6 nitrogen and oxygen atoms in total. The van der Waals surface area contributed by atoms with Crippen molar-refractivity contribution < 1.29 is 9.18 Å². The van der Waals surface area contributed by atoms with Gasteiger partial charge >= 0.3 is 5.69 Å². The van der Waals surface area contributed by atoms with Gasteiger partial charge in [-0.05, 0) is 47.7 Å². The molecule has 0 aliphatic heterocycles. The molecule has 2 aromatic carbocycles. The Labute approximate surface area is 174 Å². The molecule has 1 amide bonds. The van der Waals surface area contributed by atoms with Crippen molar-refractivity contribution in [1.29, 1.82) is 0 Å². The smallest absolute Gasteiger partial charge is 0.336 e. The molecule has 0 unspecified atom stereocenters. The molecule has 0 bridgehead atoms. The van der Waals surface area contributed by atoms with Gasteiger partial charge in [0.25, 0.3) is 5.56 Å². The molecular formula is C22H18FN3O3S. The predicted octanol–water partition coefficient (Wildman–Crippen LogP) is 2.98. The quantitative estimate of drug-likeness (QED) is 0.536. The summed E-state index contributed by atoms with van der Waals surface area (Å²) in [6.45, 7) is 1.79. The Balaban J connectivity index is 1.70. The minimum atomic E-state index is -0.572. The van der Waals surface area contributed by atoms with Crippen LogP contribution in [0.25, 0.3) is 15.9 Å². The highest BCUT2D eigenvalue weighted by atomic mass is 32.1. The standard InChI is InChI=1S/C22H18FN3O3S/c1-14-4-2-3-5-17(14)26-21(28)20-18(10-11-30-20)25(22(26)29)13-19(27)24-12-15-6-8-16(23)9-7-15/h2-11H,12-13H2,1H3,(H,24,27). The molecule has 8 heteroatoms. The third-order valence-electron chi connectivity index (χ3n) is 4.82. The number of nitrogens with one attached hydrogen (secondary N) is 1. The number of aromatic nitrogens is 2. The first kappa shape index (κ1) is 19.8. The van der Waals surface area contributed by atoms with Crippen LogP contribution in [0.1, 0.15) is 11.1 Å². The van der Waals surface area contributed by atoms with Gasteiger partial charge in [-0.3, -0.25) is 14.2 Å². The van der Waals surface area contributed by atoms with Crippen LogP contribution in [0.15, 0.2) is 69.6 Å². The molecule has 0 fully saturated rings. The minimum absolute atomic E-state index is 0.206. The Bertz CT molecular complexity index is 1350. The van der Waals surface area contributed by atoms with Crippen LogP contribution in [0.4, 0.5) is 4.39 Å². The normalized spacial score (nSPS) is 11.0. The number of thiophene rings is 1. The third-order valence-corrected chi connectivity index (χ3v) is 5.71. The lowest BCUT2D eigenvalue weighted by Gasteiger charge is -2.13. The number of hydrogen-bond acceptors (Lipinski definition) is 4. The topological polar surface area (TPSA) is 73.1 Å². The molecule has 0 saturated heterocycles. The molecule has 152 valence electrons. The molecule has 0 radical (unpaired) electrons. The monoisotopic (exact) mass is 423 g/mol. The van der Waals surface area contributed by atoms with E-state index in [4.69, 9.17) is 0 Å². The number of benzene rings is 2. The molecule has 4 aromatic rings. The Morgan fingerprint density at radius 1 is 1.07 bits per heavy atom. The maximum atomic E-state index is 13.2. The largest absolute Gasteiger partial charge is 0.350 e. The van der Waals surface area contributed by atoms with Gasteiger partial charge in [-0.25, -0.2) is 13.8 Å². The molecular weight excluding hydrogens is 405 g/mol. The summed E-state index contributed by atoms with van der Waals surface area (Å²) >= 11 is 1.23. The first-order valence-electron chi connectivity index (χ1n) is 9.26. The molecule has 2 aromatic heterocycles. The summed E-state index contributed by atoms with van der Waals surface area (Å²) in [5, 5.41) is 4.45. The fraction of sp³-hybridized carbons (Fsp3) is 0.136. The first-order chi connectivity index (χ1) is 14.5. The zero-order valence-corrected chi connectivity index (χ0v) is 16.9. The van der Waals surface area contributed by atoms with Gasteiger partial charge in [-0.1, -0.05) is 30.3 Å². The van der Waals surface area contributed by atoms with Crippen molar-refractivity contribution in [2.45, 2.75) is 20.0 Å². The van der Waals surface area contributed by atoms with Crippen LogP contribution >= 0.6 is 11.3 Å². The second kappa shape index (κ2) is 8.08. The summed E-state index contributed by atoms with van der Waals surface area (Å²) in [7, 11) is 0. The Morgan fingerprint density at radius 3 is 2.53 bits per heavy atom. The second-order valence-corrected chi connectivity index (χ2v) is 7.75. The van der Waals surface area contributed by atoms with E-state index in [2.05, 4.69) is 5.32 Å². The molecule has 0 aliphatic rings. The SMILES string of the molecule is Cc1ccccc1-n1c(=O)c2sccc2n(CC(=O)NCc2ccc(F)cc2)c1=O. The lowest BCUT2D eigenvalue weighted by molar-refractivity contribution is -0.121. The fourth-order valence-electron chi connectivity index (χ4n) is 3.27. The number of halogens is 1. The van der Waals surface area contributed by atoms with Crippen LogP contribution in [0.2, 0.25) is 0 Å². The number of rotatable bonds is 5. The number of para-hydroxylation sites is 1. The van der Waals surface area contributed by atoms with E-state index in [1.54, 1.807) is 35.7 Å². The van der Waals surface area contributed by atoms with Gasteiger partial charge in [-0.15, -0.1) is 11.3 Å². The van der Waals surface area contributed by atoms with E-state index >= 15 is 0 Å². The van der Waals surface area contributed by atoms with Gasteiger partial charge in [0.15, 0.2) is 0 Å². The average molecular weight is 423 g/mol. The van der Waals surface area contributed by atoms with Crippen molar-refractivity contribution in [3.05, 3.63) is 97.8 Å². The van der Waals surface area contributed by atoms with Crippen molar-refractivity contribution in [2.24, 2.45) is 0 Å². The lowest BCUT2D eigenvalue weighted by atomic mass is 10.2. The van der Waals surface area contributed by atoms with E-state index < -0.39 is 11.2 Å². The van der Waals surface area contributed by atoms with E-state index in [0.717, 1.165) is 15.7 Å². The number of aryl methyl sites for hydroxylation is 1. The van der Waals surface area contributed by atoms with Crippen molar-refractivity contribution in [3.8, 4) is 5.69 Å². The maximum absolute atomic E-state index is 13.2. The van der Waals surface area contributed by atoms with Crippen LogP contribution in [-0.4, -0.2) is 15.0 Å². The Kier molecular flexibility index (Phi) is 5.33. The highest BCUT2D eigenvalue weighted by Crippen LogP contribution is 2.17. The molecule has 0 atom stereocenters. The predicted molar refractivity (Wildman–Crippen MR) is 115 cm³/mol. The molecule has 0 aliphatic carbocycles. The van der Waals surface area contributed by atoms with Gasteiger partial charge in [0.2, 0.25) is 5.91 Å². The van der Waals surface area contributed by atoms with Crippen LogP contribution in [0.3, 0.4) is 0 Å². The summed E-state index contributed by atoms with van der Waals surface area (Å²) in [6, 6.07) is 14.6. The zero-order chi connectivity index (χ0) is 21.3. The number of carbonyl (C=O) groups excluding carboxylic acids is 1. The zero-order valence-electron chi connectivity index (χ0n) is 16.1. The van der Waals surface area contributed by atoms with Crippen LogP contribution in [0, 0.1) is 12.7 Å². The summed E-state index contributed by atoms with van der Waals surface area (Å²) in [4.78, 5) is 38.7. The van der Waals surface area contributed by atoms with Crippen molar-refractivity contribution in [3.63, 3.8) is 0 Å². The molecule has 2 heterocycles. The highest BCUT2D eigenvalue weighted by Gasteiger charge is 2.18. The number of hydrogen-bond donors (Lipinski definition) is 1. The van der Waals surface area contributed by atoms with Gasteiger partial charge < -0.3 is 5.32 Å². The lowest BCUT2D eigenvalue weighted by Crippen LogP contribution is -2.41. The second-order valence-electron chi connectivity index (χ2n) is 6.83. The molecule has 1 N–H and O–H groups in total. The van der Waals surface area contributed by atoms with E-state index in [1.165, 1.54) is 28.0 Å². The van der Waals surface area contributed by atoms with Gasteiger partial charge in [0.1, 0.15) is 17.1 Å². The summed E-state index contributed by atoms with van der Waals surface area (Å²) in [6.07, 6.45) is 0. The average Bonchev–Trinajstić information content (AvgIpc) is 3.22. The maximum Gasteiger partial charge on any atom is 0.336 e. The highest BCUT2D eigenvalue weighted by molar-refractivity contribution is 7.17. The Hall–Kier alpha value is -3.52. The van der Waals surface area contributed by atoms with E-state index in [1.807, 2.05) is 19.1 Å². The summed E-state index contributed by atoms with van der Waals surface area (Å²) < 4.78 is 15.8. The number of nitrogens with zero attached hydrogens (tertiary/aromatic N) is 2. The van der Waals surface area contributed by atoms with Crippen molar-refractivity contribution in [1.82, 2.24) is 14.5 Å². The number of carbonyl (C=O) groups is 1. The minimum Gasteiger partial charge on any atom is -0.350 e. The third kappa shape index (κ3) is 3.69. The first-order valence-corrected chi connectivity index (χ1v) is 10.1. The molecule has 0 spiro atoms. The van der Waals surface area contributed by atoms with Crippen LogP contribution < -0.4 is 16.6 Å². The number of fused-ring (bicyclic) bond motifs is 1. The van der Waals surface area contributed by atoms with Gasteiger partial charge in [0.05, 0.1) is 11.2 Å².